The Balaban J connectivity index is 1.27. The van der Waals surface area contributed by atoms with Crippen LogP contribution in [0.1, 0.15) is 68.5 Å². The number of fused-ring (bicyclic) bond motifs is 1. The van der Waals surface area contributed by atoms with E-state index in [1.54, 1.807) is 22.0 Å². The summed E-state index contributed by atoms with van der Waals surface area (Å²) in [5.74, 6) is -0.982. The lowest BCUT2D eigenvalue weighted by Crippen LogP contribution is -2.50. The Morgan fingerprint density at radius 3 is 2.46 bits per heavy atom. The normalized spacial score (nSPS) is 19.6. The van der Waals surface area contributed by atoms with Gasteiger partial charge in [0.1, 0.15) is 23.1 Å². The van der Waals surface area contributed by atoms with Gasteiger partial charge in [-0.25, -0.2) is 14.3 Å². The smallest absolute Gasteiger partial charge is 0.410 e. The number of carbonyl (C=O) groups is 3. The lowest BCUT2D eigenvalue weighted by Gasteiger charge is -2.36. The Labute approximate surface area is 236 Å². The number of ether oxygens (including phenoxy) is 1. The lowest BCUT2D eigenvalue weighted by molar-refractivity contribution is -0.143. The number of nitriles is 1. The summed E-state index contributed by atoms with van der Waals surface area (Å²) in [5, 5.41) is 30.3. The van der Waals surface area contributed by atoms with Gasteiger partial charge < -0.3 is 25.0 Å². The van der Waals surface area contributed by atoms with Crippen molar-refractivity contribution in [2.45, 2.75) is 58.1 Å². The quantitative estimate of drug-likeness (QED) is 0.470. The molecule has 1 aliphatic heterocycles. The van der Waals surface area contributed by atoms with E-state index in [1.165, 1.54) is 10.7 Å². The van der Waals surface area contributed by atoms with Crippen molar-refractivity contribution >= 4 is 35.1 Å². The van der Waals surface area contributed by atoms with Crippen LogP contribution in [-0.4, -0.2) is 84.1 Å². The molecule has 5 rings (SSSR count). The van der Waals surface area contributed by atoms with Gasteiger partial charge in [0.05, 0.1) is 30.0 Å². The van der Waals surface area contributed by atoms with E-state index in [4.69, 9.17) is 9.72 Å². The number of aromatic nitrogens is 5. The molecular formula is C27H33N9O5. The van der Waals surface area contributed by atoms with Crippen molar-refractivity contribution in [3.05, 3.63) is 35.9 Å². The monoisotopic (exact) mass is 563 g/mol. The van der Waals surface area contributed by atoms with E-state index < -0.39 is 17.5 Å². The predicted molar refractivity (Wildman–Crippen MR) is 147 cm³/mol. The van der Waals surface area contributed by atoms with Crippen LogP contribution in [0.2, 0.25) is 0 Å². The number of hydrogen-bond acceptors (Lipinski definition) is 9. The van der Waals surface area contributed by atoms with Crippen molar-refractivity contribution in [1.82, 2.24) is 29.3 Å². The van der Waals surface area contributed by atoms with Gasteiger partial charge in [-0.1, -0.05) is 0 Å². The molecule has 2 amide bonds. The molecule has 3 aromatic heterocycles. The van der Waals surface area contributed by atoms with Gasteiger partial charge >= 0.3 is 12.1 Å². The Kier molecular flexibility index (Phi) is 7.53. The standard InChI is InChI=1S/C27H33N9O5/c1-27(2,3)41-26(40)34-12-10-33(11-13-34)22-8-9-35-23(31-22)19(15-29-35)24(37)30-21-16-36(32-20(21)14-28)18-6-4-17(5-7-18)25(38)39/h8-9,15-18H,4-7,10-13H2,1-3H3,(H,30,37)(H,38,39). The molecule has 216 valence electrons. The number of piperazine rings is 1. The van der Waals surface area contributed by atoms with Crippen molar-refractivity contribution in [3.8, 4) is 6.07 Å². The number of nitrogens with zero attached hydrogens (tertiary/aromatic N) is 8. The largest absolute Gasteiger partial charge is 0.481 e. The Morgan fingerprint density at radius 2 is 1.83 bits per heavy atom. The Bertz CT molecular complexity index is 1500. The number of carboxylic acids is 1. The molecule has 0 aromatic carbocycles. The highest BCUT2D eigenvalue weighted by Crippen LogP contribution is 2.33. The summed E-state index contributed by atoms with van der Waals surface area (Å²) in [4.78, 5) is 45.4. The Hall–Kier alpha value is -4.67. The van der Waals surface area contributed by atoms with Crippen LogP contribution < -0.4 is 10.2 Å². The van der Waals surface area contributed by atoms with Crippen molar-refractivity contribution in [3.63, 3.8) is 0 Å². The molecule has 2 N–H and O–H groups in total. The number of carboxylic acid groups (broad SMARTS) is 1. The SMILES string of the molecule is CC(C)(C)OC(=O)N1CCN(c2ccn3ncc(C(=O)Nc4cn(C5CCC(C(=O)O)CC5)nc4C#N)c3n2)CC1. The van der Waals surface area contributed by atoms with Gasteiger partial charge in [-0.3, -0.25) is 14.3 Å². The van der Waals surface area contributed by atoms with E-state index in [0.717, 1.165) is 0 Å². The lowest BCUT2D eigenvalue weighted by atomic mass is 9.86. The average Bonchev–Trinajstić information content (AvgIpc) is 3.56. The first-order valence-corrected chi connectivity index (χ1v) is 13.6. The van der Waals surface area contributed by atoms with Crippen LogP contribution in [0.15, 0.2) is 24.7 Å². The van der Waals surface area contributed by atoms with Gasteiger partial charge in [0.2, 0.25) is 0 Å². The second kappa shape index (κ2) is 11.1. The zero-order valence-electron chi connectivity index (χ0n) is 23.3. The number of anilines is 2. The van der Waals surface area contributed by atoms with Crippen LogP contribution in [0, 0.1) is 17.2 Å². The van der Waals surface area contributed by atoms with E-state index in [9.17, 15) is 24.8 Å². The first-order valence-electron chi connectivity index (χ1n) is 13.6. The van der Waals surface area contributed by atoms with E-state index in [0.29, 0.717) is 63.3 Å². The highest BCUT2D eigenvalue weighted by atomic mass is 16.6. The first-order chi connectivity index (χ1) is 19.5. The van der Waals surface area contributed by atoms with E-state index in [-0.39, 0.29) is 35.0 Å². The number of aliphatic carboxylic acids is 1. The topological polar surface area (TPSA) is 171 Å². The van der Waals surface area contributed by atoms with E-state index >= 15 is 0 Å². The minimum atomic E-state index is -0.789. The van der Waals surface area contributed by atoms with Crippen molar-refractivity contribution in [2.24, 2.45) is 5.92 Å². The molecule has 4 heterocycles. The molecule has 2 fully saturated rings. The van der Waals surface area contributed by atoms with Crippen LogP contribution in [0.5, 0.6) is 0 Å². The number of amides is 2. The second-order valence-electron chi connectivity index (χ2n) is 11.3. The predicted octanol–water partition coefficient (Wildman–Crippen LogP) is 2.92. The summed E-state index contributed by atoms with van der Waals surface area (Å²) >= 11 is 0. The van der Waals surface area contributed by atoms with Crippen molar-refractivity contribution in [1.29, 1.82) is 5.26 Å². The molecule has 0 unspecified atom stereocenters. The molecule has 1 aliphatic carbocycles. The zero-order chi connectivity index (χ0) is 29.3. The van der Waals surface area contributed by atoms with Crippen molar-refractivity contribution in [2.75, 3.05) is 36.4 Å². The molecule has 0 bridgehead atoms. The third-order valence-corrected chi connectivity index (χ3v) is 7.36. The summed E-state index contributed by atoms with van der Waals surface area (Å²) in [5.41, 5.74) is 0.372. The summed E-state index contributed by atoms with van der Waals surface area (Å²) in [6.45, 7) is 7.57. The van der Waals surface area contributed by atoms with Gasteiger partial charge in [-0.15, -0.1) is 0 Å². The fourth-order valence-electron chi connectivity index (χ4n) is 5.17. The highest BCUT2D eigenvalue weighted by molar-refractivity contribution is 6.08. The van der Waals surface area contributed by atoms with E-state index in [2.05, 4.69) is 15.5 Å². The first kappa shape index (κ1) is 27.9. The van der Waals surface area contributed by atoms with Crippen LogP contribution in [0.3, 0.4) is 0 Å². The molecule has 0 atom stereocenters. The second-order valence-corrected chi connectivity index (χ2v) is 11.3. The number of carbonyl (C=O) groups excluding carboxylic acids is 2. The molecule has 0 spiro atoms. The minimum absolute atomic E-state index is 0.0414. The third-order valence-electron chi connectivity index (χ3n) is 7.36. The van der Waals surface area contributed by atoms with Gasteiger partial charge in [0.15, 0.2) is 11.3 Å². The maximum atomic E-state index is 13.3. The highest BCUT2D eigenvalue weighted by Gasteiger charge is 2.29. The van der Waals surface area contributed by atoms with Gasteiger partial charge in [0, 0.05) is 32.4 Å². The fraction of sp³-hybridized carbons (Fsp3) is 0.519. The van der Waals surface area contributed by atoms with Gasteiger partial charge in [0.25, 0.3) is 5.91 Å². The van der Waals surface area contributed by atoms with Crippen molar-refractivity contribution < 1.29 is 24.2 Å². The van der Waals surface area contributed by atoms with Gasteiger partial charge in [-0.05, 0) is 52.5 Å². The molecular weight excluding hydrogens is 530 g/mol. The Morgan fingerprint density at radius 1 is 1.12 bits per heavy atom. The summed E-state index contributed by atoms with van der Waals surface area (Å²) in [6, 6.07) is 3.79. The molecule has 2 aliphatic rings. The average molecular weight is 564 g/mol. The van der Waals surface area contributed by atoms with Crippen LogP contribution in [0.4, 0.5) is 16.3 Å². The van der Waals surface area contributed by atoms with Crippen LogP contribution in [-0.2, 0) is 9.53 Å². The minimum Gasteiger partial charge on any atom is -0.481 e. The van der Waals surface area contributed by atoms with E-state index in [1.807, 2.05) is 37.8 Å². The van der Waals surface area contributed by atoms with Crippen LogP contribution in [0.25, 0.3) is 5.65 Å². The molecule has 1 saturated heterocycles. The molecule has 41 heavy (non-hydrogen) atoms. The summed E-state index contributed by atoms with van der Waals surface area (Å²) < 4.78 is 8.62. The van der Waals surface area contributed by atoms with Crippen LogP contribution >= 0.6 is 0 Å². The molecule has 14 nitrogen and oxygen atoms in total. The maximum Gasteiger partial charge on any atom is 0.410 e. The molecule has 1 saturated carbocycles. The molecule has 3 aromatic rings. The van der Waals surface area contributed by atoms with Gasteiger partial charge in [-0.2, -0.15) is 15.5 Å². The molecule has 0 radical (unpaired) electrons. The zero-order valence-corrected chi connectivity index (χ0v) is 23.3. The maximum absolute atomic E-state index is 13.3. The molecule has 14 heteroatoms. The fourth-order valence-corrected chi connectivity index (χ4v) is 5.17. The summed E-state index contributed by atoms with van der Waals surface area (Å²) in [6.07, 6.45) is 6.76. The number of hydrogen-bond donors (Lipinski definition) is 2. The summed E-state index contributed by atoms with van der Waals surface area (Å²) in [7, 11) is 0. The third kappa shape index (κ3) is 6.08. The number of rotatable bonds is 5. The number of nitrogens with one attached hydrogen (secondary N) is 1.